The molecule has 0 aliphatic carbocycles. The van der Waals surface area contributed by atoms with Crippen molar-refractivity contribution < 1.29 is 0 Å². The summed E-state index contributed by atoms with van der Waals surface area (Å²) in [6.07, 6.45) is 5.73. The second-order valence-corrected chi connectivity index (χ2v) is 6.82. The lowest BCUT2D eigenvalue weighted by Crippen LogP contribution is -2.45. The lowest BCUT2D eigenvalue weighted by Gasteiger charge is -2.36. The number of hydrogen-bond acceptors (Lipinski definition) is 3. The maximum absolute atomic E-state index is 3.84. The van der Waals surface area contributed by atoms with Crippen molar-refractivity contribution in [2.75, 3.05) is 18.1 Å². The molecule has 16 heavy (non-hydrogen) atoms. The maximum atomic E-state index is 3.84. The van der Waals surface area contributed by atoms with Crippen LogP contribution in [0.2, 0.25) is 0 Å². The van der Waals surface area contributed by atoms with Crippen molar-refractivity contribution in [1.82, 2.24) is 5.32 Å². The molecule has 1 heterocycles. The summed E-state index contributed by atoms with van der Waals surface area (Å²) in [7, 11) is 0. The van der Waals surface area contributed by atoms with E-state index in [1.54, 1.807) is 0 Å². The third-order valence-corrected chi connectivity index (χ3v) is 6.45. The topological polar surface area (TPSA) is 12.0 Å². The fourth-order valence-corrected chi connectivity index (χ4v) is 5.56. The number of thioether (sulfide) groups is 2. The number of rotatable bonds is 7. The van der Waals surface area contributed by atoms with Gasteiger partial charge in [-0.2, -0.15) is 23.5 Å². The van der Waals surface area contributed by atoms with Crippen molar-refractivity contribution in [3.63, 3.8) is 0 Å². The molecule has 1 saturated heterocycles. The van der Waals surface area contributed by atoms with Gasteiger partial charge in [0.1, 0.15) is 0 Å². The highest BCUT2D eigenvalue weighted by molar-refractivity contribution is 8.07. The van der Waals surface area contributed by atoms with Gasteiger partial charge in [-0.3, -0.25) is 0 Å². The molecule has 1 N–H and O–H groups in total. The van der Waals surface area contributed by atoms with Crippen LogP contribution in [0.3, 0.4) is 0 Å². The first-order chi connectivity index (χ1) is 7.83. The highest BCUT2D eigenvalue weighted by atomic mass is 32.2. The molecule has 0 saturated carbocycles. The largest absolute Gasteiger partial charge is 0.313 e. The van der Waals surface area contributed by atoms with Gasteiger partial charge in [-0.05, 0) is 25.8 Å². The summed E-state index contributed by atoms with van der Waals surface area (Å²) >= 11 is 4.35. The minimum absolute atomic E-state index is 0.672. The van der Waals surface area contributed by atoms with Crippen LogP contribution in [0.4, 0.5) is 0 Å². The molecule has 3 heteroatoms. The molecule has 0 amide bonds. The van der Waals surface area contributed by atoms with Gasteiger partial charge in [0.25, 0.3) is 0 Å². The summed E-state index contributed by atoms with van der Waals surface area (Å²) in [4.78, 5) is 0. The zero-order valence-electron chi connectivity index (χ0n) is 10.6. The molecule has 0 aromatic carbocycles. The van der Waals surface area contributed by atoms with Crippen LogP contribution >= 0.6 is 23.5 Å². The van der Waals surface area contributed by atoms with Crippen LogP contribution in [0.1, 0.15) is 33.1 Å². The molecule has 0 aromatic heterocycles. The average molecular weight is 259 g/mol. The lowest BCUT2D eigenvalue weighted by atomic mass is 10.0. The van der Waals surface area contributed by atoms with Gasteiger partial charge in [0.15, 0.2) is 0 Å². The summed E-state index contributed by atoms with van der Waals surface area (Å²) in [5.74, 6) is 2.65. The van der Waals surface area contributed by atoms with Crippen LogP contribution < -0.4 is 5.32 Å². The predicted octanol–water partition coefficient (Wildman–Crippen LogP) is 3.56. The Kier molecular flexibility index (Phi) is 7.67. The van der Waals surface area contributed by atoms with E-state index in [1.165, 1.54) is 24.3 Å². The van der Waals surface area contributed by atoms with E-state index in [-0.39, 0.29) is 0 Å². The summed E-state index contributed by atoms with van der Waals surface area (Å²) in [6, 6.07) is 0.672. The van der Waals surface area contributed by atoms with Crippen LogP contribution in [0.25, 0.3) is 0 Å². The van der Waals surface area contributed by atoms with Crippen LogP contribution in [0.5, 0.6) is 0 Å². The van der Waals surface area contributed by atoms with Crippen molar-refractivity contribution >= 4 is 23.5 Å². The van der Waals surface area contributed by atoms with E-state index in [0.29, 0.717) is 6.04 Å². The third kappa shape index (κ3) is 4.34. The van der Waals surface area contributed by atoms with Gasteiger partial charge in [0.05, 0.1) is 0 Å². The molecule has 1 fully saturated rings. The van der Waals surface area contributed by atoms with E-state index in [4.69, 9.17) is 0 Å². The van der Waals surface area contributed by atoms with E-state index < -0.39 is 0 Å². The highest BCUT2D eigenvalue weighted by Gasteiger charge is 2.30. The predicted molar refractivity (Wildman–Crippen MR) is 79.7 cm³/mol. The van der Waals surface area contributed by atoms with Gasteiger partial charge in [-0.25, -0.2) is 0 Å². The molecule has 0 aromatic rings. The fourth-order valence-electron chi connectivity index (χ4n) is 2.25. The first-order valence-corrected chi connectivity index (χ1v) is 8.50. The van der Waals surface area contributed by atoms with Crippen molar-refractivity contribution in [3.05, 3.63) is 12.7 Å². The Bertz CT molecular complexity index is 196. The molecule has 0 spiro atoms. The third-order valence-electron chi connectivity index (χ3n) is 3.04. The second-order valence-electron chi connectivity index (χ2n) is 4.18. The zero-order valence-corrected chi connectivity index (χ0v) is 12.2. The molecule has 3 unspecified atom stereocenters. The van der Waals surface area contributed by atoms with Crippen LogP contribution in [-0.4, -0.2) is 34.6 Å². The summed E-state index contributed by atoms with van der Waals surface area (Å²) in [5.41, 5.74) is 0. The Morgan fingerprint density at radius 2 is 2.12 bits per heavy atom. The number of allylic oxidation sites excluding steroid dienone is 1. The van der Waals surface area contributed by atoms with Gasteiger partial charge in [-0.1, -0.05) is 19.9 Å². The average Bonchev–Trinajstić information content (AvgIpc) is 2.34. The van der Waals surface area contributed by atoms with E-state index in [2.05, 4.69) is 49.3 Å². The van der Waals surface area contributed by atoms with Gasteiger partial charge in [-0.15, -0.1) is 6.58 Å². The highest BCUT2D eigenvalue weighted by Crippen LogP contribution is 2.36. The number of nitrogens with one attached hydrogen (secondary N) is 1. The Labute approximate surface area is 109 Å². The maximum Gasteiger partial charge on any atom is 0.0320 e. The molecule has 0 bridgehead atoms. The monoisotopic (exact) mass is 259 g/mol. The zero-order chi connectivity index (χ0) is 11.8. The van der Waals surface area contributed by atoms with E-state index >= 15 is 0 Å². The second kappa shape index (κ2) is 8.48. The molecule has 1 aliphatic heterocycles. The van der Waals surface area contributed by atoms with Gasteiger partial charge >= 0.3 is 0 Å². The summed E-state index contributed by atoms with van der Waals surface area (Å²) in [6.45, 7) is 9.46. The first kappa shape index (κ1) is 14.5. The molecule has 1 nitrogen and oxygen atoms in total. The van der Waals surface area contributed by atoms with Gasteiger partial charge in [0.2, 0.25) is 0 Å². The van der Waals surface area contributed by atoms with Crippen molar-refractivity contribution in [2.24, 2.45) is 0 Å². The minimum atomic E-state index is 0.672. The normalized spacial score (nSPS) is 27.6. The Morgan fingerprint density at radius 3 is 2.75 bits per heavy atom. The lowest BCUT2D eigenvalue weighted by molar-refractivity contribution is 0.467. The number of hydrogen-bond donors (Lipinski definition) is 1. The van der Waals surface area contributed by atoms with Gasteiger partial charge in [0, 0.05) is 28.0 Å². The molecule has 94 valence electrons. The van der Waals surface area contributed by atoms with Crippen LogP contribution in [-0.2, 0) is 0 Å². The molecule has 0 radical (unpaired) electrons. The van der Waals surface area contributed by atoms with E-state index in [0.717, 1.165) is 23.5 Å². The van der Waals surface area contributed by atoms with Crippen molar-refractivity contribution in [1.29, 1.82) is 0 Å². The van der Waals surface area contributed by atoms with Crippen LogP contribution in [0, 0.1) is 0 Å². The molecule has 3 atom stereocenters. The Hall–Kier alpha value is 0.400. The van der Waals surface area contributed by atoms with E-state index in [9.17, 15) is 0 Å². The quantitative estimate of drug-likeness (QED) is 0.702. The van der Waals surface area contributed by atoms with Crippen molar-refractivity contribution in [3.8, 4) is 0 Å². The van der Waals surface area contributed by atoms with Gasteiger partial charge < -0.3 is 5.32 Å². The fraction of sp³-hybridized carbons (Fsp3) is 0.846. The first-order valence-electron chi connectivity index (χ1n) is 6.40. The molecule has 1 rings (SSSR count). The summed E-state index contributed by atoms with van der Waals surface area (Å²) < 4.78 is 0. The Morgan fingerprint density at radius 1 is 1.38 bits per heavy atom. The SMILES string of the molecule is C=CCCC(NCC)C1SCCSC1CC. The Balaban J connectivity index is 2.54. The standard InChI is InChI=1S/C13H25NS2/c1-4-7-8-11(14-6-3)13-12(5-2)15-9-10-16-13/h4,11-14H,1,5-10H2,2-3H3. The van der Waals surface area contributed by atoms with E-state index in [1.807, 2.05) is 6.08 Å². The molecular weight excluding hydrogens is 234 g/mol. The van der Waals surface area contributed by atoms with Crippen LogP contribution in [0.15, 0.2) is 12.7 Å². The molecular formula is C13H25NS2. The van der Waals surface area contributed by atoms with Crippen molar-refractivity contribution in [2.45, 2.75) is 49.7 Å². The molecule has 1 aliphatic rings. The smallest absolute Gasteiger partial charge is 0.0320 e. The summed E-state index contributed by atoms with van der Waals surface area (Å²) in [5, 5.41) is 5.30. The minimum Gasteiger partial charge on any atom is -0.313 e.